The zero-order valence-electron chi connectivity index (χ0n) is 16.4. The van der Waals surface area contributed by atoms with Gasteiger partial charge in [-0.1, -0.05) is 65.8 Å². The zero-order valence-corrected chi connectivity index (χ0v) is 16.4. The van der Waals surface area contributed by atoms with Crippen LogP contribution >= 0.6 is 0 Å². The molecule has 0 radical (unpaired) electrons. The van der Waals surface area contributed by atoms with E-state index in [2.05, 4.69) is 27.2 Å². The maximum atomic E-state index is 5.51. The Hall–Kier alpha value is -3.73. The fraction of sp³-hybridized carbons (Fsp3) is 0.125. The van der Waals surface area contributed by atoms with E-state index in [9.17, 15) is 0 Å². The largest absolute Gasteiger partial charge is 0.378 e. The summed E-state index contributed by atoms with van der Waals surface area (Å²) in [7, 11) is 4.05. The van der Waals surface area contributed by atoms with Gasteiger partial charge in [0.15, 0.2) is 0 Å². The lowest BCUT2D eigenvalue weighted by atomic mass is 10.1. The standard InChI is InChI=1S/C24H22N4O/c1-28(2)21-15-13-18(14-16-21)17-25-22(19-9-5-3-6-10-19)23-26-24(29-27-23)20-11-7-4-8-12-20/h3-17,22H,1-2H3. The highest BCUT2D eigenvalue weighted by molar-refractivity contribution is 5.80. The minimum atomic E-state index is -0.342. The lowest BCUT2D eigenvalue weighted by molar-refractivity contribution is 0.420. The average molecular weight is 382 g/mol. The van der Waals surface area contributed by atoms with Crippen molar-refractivity contribution in [2.75, 3.05) is 19.0 Å². The van der Waals surface area contributed by atoms with Crippen molar-refractivity contribution in [3.8, 4) is 11.5 Å². The molecule has 1 unspecified atom stereocenters. The van der Waals surface area contributed by atoms with Crippen LogP contribution in [0.3, 0.4) is 0 Å². The summed E-state index contributed by atoms with van der Waals surface area (Å²) in [6.45, 7) is 0. The molecule has 0 aliphatic heterocycles. The summed E-state index contributed by atoms with van der Waals surface area (Å²) < 4.78 is 5.51. The summed E-state index contributed by atoms with van der Waals surface area (Å²) in [5.41, 5.74) is 4.06. The monoisotopic (exact) mass is 382 g/mol. The third-order valence-electron chi connectivity index (χ3n) is 4.60. The Morgan fingerprint density at radius 3 is 2.17 bits per heavy atom. The molecule has 1 atom stereocenters. The molecule has 4 aromatic rings. The smallest absolute Gasteiger partial charge is 0.258 e. The van der Waals surface area contributed by atoms with Crippen LogP contribution in [0.2, 0.25) is 0 Å². The van der Waals surface area contributed by atoms with Crippen molar-refractivity contribution < 1.29 is 4.52 Å². The SMILES string of the molecule is CN(C)c1ccc(C=NC(c2ccccc2)c2noc(-c3ccccc3)n2)cc1. The molecule has 1 aromatic heterocycles. The van der Waals surface area contributed by atoms with E-state index in [1.807, 2.05) is 93.1 Å². The first kappa shape index (κ1) is 18.6. The summed E-state index contributed by atoms with van der Waals surface area (Å²) >= 11 is 0. The normalized spacial score (nSPS) is 12.2. The van der Waals surface area contributed by atoms with Crippen molar-refractivity contribution in [3.05, 3.63) is 102 Å². The fourth-order valence-electron chi connectivity index (χ4n) is 3.00. The van der Waals surface area contributed by atoms with Gasteiger partial charge in [0.1, 0.15) is 6.04 Å². The molecule has 144 valence electrons. The second-order valence-corrected chi connectivity index (χ2v) is 6.90. The number of aromatic nitrogens is 2. The summed E-state index contributed by atoms with van der Waals surface area (Å²) in [4.78, 5) is 11.5. The molecule has 0 N–H and O–H groups in total. The summed E-state index contributed by atoms with van der Waals surface area (Å²) in [5.74, 6) is 1.03. The quantitative estimate of drug-likeness (QED) is 0.440. The number of hydrogen-bond donors (Lipinski definition) is 0. The second kappa shape index (κ2) is 8.52. The molecule has 29 heavy (non-hydrogen) atoms. The third-order valence-corrected chi connectivity index (χ3v) is 4.60. The minimum absolute atomic E-state index is 0.342. The zero-order chi connectivity index (χ0) is 20.1. The Kier molecular flexibility index (Phi) is 5.47. The van der Waals surface area contributed by atoms with Crippen LogP contribution in [0.15, 0.2) is 94.4 Å². The van der Waals surface area contributed by atoms with Gasteiger partial charge in [0.25, 0.3) is 5.89 Å². The highest BCUT2D eigenvalue weighted by Crippen LogP contribution is 2.26. The predicted octanol–water partition coefficient (Wildman–Crippen LogP) is 5.01. The molecular weight excluding hydrogens is 360 g/mol. The van der Waals surface area contributed by atoms with Crippen LogP contribution in [0.25, 0.3) is 11.5 Å². The van der Waals surface area contributed by atoms with Gasteiger partial charge in [-0.25, -0.2) is 0 Å². The number of rotatable bonds is 6. The Morgan fingerprint density at radius 1 is 0.862 bits per heavy atom. The summed E-state index contributed by atoms with van der Waals surface area (Å²) in [5, 5.41) is 4.21. The van der Waals surface area contributed by atoms with E-state index in [0.717, 1.165) is 22.4 Å². The molecule has 0 fully saturated rings. The Bertz CT molecular complexity index is 1070. The van der Waals surface area contributed by atoms with Gasteiger partial charge in [0.05, 0.1) is 0 Å². The van der Waals surface area contributed by atoms with Crippen molar-refractivity contribution in [1.29, 1.82) is 0 Å². The lowest BCUT2D eigenvalue weighted by Crippen LogP contribution is -2.08. The topological polar surface area (TPSA) is 54.5 Å². The second-order valence-electron chi connectivity index (χ2n) is 6.90. The molecule has 0 saturated heterocycles. The number of benzene rings is 3. The third kappa shape index (κ3) is 4.41. The van der Waals surface area contributed by atoms with Crippen LogP contribution in [0.4, 0.5) is 5.69 Å². The Labute approximate surface area is 170 Å². The molecule has 0 aliphatic carbocycles. The molecule has 0 bridgehead atoms. The van der Waals surface area contributed by atoms with Gasteiger partial charge < -0.3 is 9.42 Å². The van der Waals surface area contributed by atoms with Crippen molar-refractivity contribution in [2.24, 2.45) is 4.99 Å². The molecule has 0 amide bonds. The van der Waals surface area contributed by atoms with Crippen LogP contribution in [-0.2, 0) is 0 Å². The van der Waals surface area contributed by atoms with Crippen LogP contribution in [-0.4, -0.2) is 30.5 Å². The first-order valence-corrected chi connectivity index (χ1v) is 9.45. The highest BCUT2D eigenvalue weighted by atomic mass is 16.5. The van der Waals surface area contributed by atoms with Gasteiger partial charge in [-0.15, -0.1) is 0 Å². The predicted molar refractivity (Wildman–Crippen MR) is 116 cm³/mol. The molecule has 0 spiro atoms. The molecule has 5 nitrogen and oxygen atoms in total. The van der Waals surface area contributed by atoms with E-state index in [1.54, 1.807) is 0 Å². The molecular formula is C24H22N4O. The van der Waals surface area contributed by atoms with Crippen LogP contribution in [0.5, 0.6) is 0 Å². The first-order chi connectivity index (χ1) is 14.2. The van der Waals surface area contributed by atoms with Gasteiger partial charge in [0.2, 0.25) is 5.82 Å². The van der Waals surface area contributed by atoms with Gasteiger partial charge in [-0.05, 0) is 35.4 Å². The maximum absolute atomic E-state index is 5.51. The summed E-state index contributed by atoms with van der Waals surface area (Å²) in [6, 6.07) is 27.7. The first-order valence-electron chi connectivity index (χ1n) is 9.45. The number of aliphatic imine (C=N–C) groups is 1. The van der Waals surface area contributed by atoms with Gasteiger partial charge >= 0.3 is 0 Å². The van der Waals surface area contributed by atoms with Crippen LogP contribution in [0, 0.1) is 0 Å². The Morgan fingerprint density at radius 2 is 1.52 bits per heavy atom. The van der Waals surface area contributed by atoms with E-state index in [4.69, 9.17) is 9.52 Å². The molecule has 1 heterocycles. The van der Waals surface area contributed by atoms with Crippen molar-refractivity contribution in [2.45, 2.75) is 6.04 Å². The van der Waals surface area contributed by atoms with Crippen LogP contribution < -0.4 is 4.90 Å². The summed E-state index contributed by atoms with van der Waals surface area (Å²) in [6.07, 6.45) is 1.86. The molecule has 0 aliphatic rings. The lowest BCUT2D eigenvalue weighted by Gasteiger charge is -2.12. The van der Waals surface area contributed by atoms with Crippen molar-refractivity contribution >= 4 is 11.9 Å². The van der Waals surface area contributed by atoms with E-state index in [0.29, 0.717) is 11.7 Å². The molecule has 0 saturated carbocycles. The minimum Gasteiger partial charge on any atom is -0.378 e. The van der Waals surface area contributed by atoms with Gasteiger partial charge in [0, 0.05) is 31.6 Å². The average Bonchev–Trinajstić information content (AvgIpc) is 3.26. The number of hydrogen-bond acceptors (Lipinski definition) is 5. The molecule has 5 heteroatoms. The van der Waals surface area contributed by atoms with E-state index in [-0.39, 0.29) is 6.04 Å². The van der Waals surface area contributed by atoms with E-state index < -0.39 is 0 Å². The van der Waals surface area contributed by atoms with Crippen molar-refractivity contribution in [3.63, 3.8) is 0 Å². The van der Waals surface area contributed by atoms with E-state index >= 15 is 0 Å². The number of anilines is 1. The van der Waals surface area contributed by atoms with Crippen molar-refractivity contribution in [1.82, 2.24) is 10.1 Å². The molecule has 4 rings (SSSR count). The maximum Gasteiger partial charge on any atom is 0.258 e. The highest BCUT2D eigenvalue weighted by Gasteiger charge is 2.19. The number of nitrogens with zero attached hydrogens (tertiary/aromatic N) is 4. The molecule has 3 aromatic carbocycles. The van der Waals surface area contributed by atoms with Gasteiger partial charge in [-0.2, -0.15) is 4.98 Å². The Balaban J connectivity index is 1.65. The van der Waals surface area contributed by atoms with E-state index in [1.165, 1.54) is 0 Å². The van der Waals surface area contributed by atoms with Gasteiger partial charge in [-0.3, -0.25) is 4.99 Å². The van der Waals surface area contributed by atoms with Crippen LogP contribution in [0.1, 0.15) is 23.0 Å². The fourth-order valence-corrected chi connectivity index (χ4v) is 3.00.